The minimum Gasteiger partial charge on any atom is -0.450 e. The van der Waals surface area contributed by atoms with Crippen LogP contribution in [0.3, 0.4) is 0 Å². The zero-order chi connectivity index (χ0) is 25.2. The second kappa shape index (κ2) is 9.49. The van der Waals surface area contributed by atoms with E-state index in [0.29, 0.717) is 17.1 Å². The van der Waals surface area contributed by atoms with Crippen LogP contribution in [-0.4, -0.2) is 28.3 Å². The molecular formula is C25H20F3N3O4. The summed E-state index contributed by atoms with van der Waals surface area (Å²) in [5, 5.41) is 7.13. The van der Waals surface area contributed by atoms with E-state index < -0.39 is 30.2 Å². The third-order valence-electron chi connectivity index (χ3n) is 5.17. The molecular weight excluding hydrogens is 463 g/mol. The Kier molecular flexibility index (Phi) is 6.46. The van der Waals surface area contributed by atoms with Gasteiger partial charge in [0.2, 0.25) is 5.76 Å². The van der Waals surface area contributed by atoms with Gasteiger partial charge in [0.25, 0.3) is 5.91 Å². The van der Waals surface area contributed by atoms with Crippen molar-refractivity contribution < 1.29 is 31.9 Å². The lowest BCUT2D eigenvalue weighted by atomic mass is 10.1. The minimum absolute atomic E-state index is 0.0621. The van der Waals surface area contributed by atoms with E-state index >= 15 is 0 Å². The number of hydrogen-bond acceptors (Lipinski definition) is 5. The number of anilines is 1. The van der Waals surface area contributed by atoms with E-state index in [1.54, 1.807) is 18.5 Å². The maximum Gasteiger partial charge on any atom is 0.416 e. The summed E-state index contributed by atoms with van der Waals surface area (Å²) in [6, 6.07) is 16.5. The number of carbonyl (C=O) groups is 2. The van der Waals surface area contributed by atoms with E-state index in [0.717, 1.165) is 17.8 Å². The molecule has 2 heterocycles. The van der Waals surface area contributed by atoms with E-state index in [1.807, 2.05) is 30.3 Å². The molecule has 1 amide bonds. The highest BCUT2D eigenvalue weighted by molar-refractivity contribution is 5.95. The normalized spacial score (nSPS) is 11.3. The third kappa shape index (κ3) is 5.26. The molecule has 2 aromatic heterocycles. The van der Waals surface area contributed by atoms with Crippen LogP contribution < -0.4 is 5.32 Å². The van der Waals surface area contributed by atoms with Crippen LogP contribution in [0.5, 0.6) is 0 Å². The molecule has 0 unspecified atom stereocenters. The molecule has 2 aromatic carbocycles. The third-order valence-corrected chi connectivity index (χ3v) is 5.17. The lowest BCUT2D eigenvalue weighted by Gasteiger charge is -2.08. The number of alkyl halides is 3. The molecule has 0 aliphatic rings. The number of nitrogens with zero attached hydrogens (tertiary/aromatic N) is 2. The van der Waals surface area contributed by atoms with Crippen molar-refractivity contribution in [1.82, 2.24) is 9.78 Å². The monoisotopic (exact) mass is 483 g/mol. The van der Waals surface area contributed by atoms with Gasteiger partial charge in [-0.2, -0.15) is 18.3 Å². The smallest absolute Gasteiger partial charge is 0.416 e. The number of esters is 1. The second-order valence-corrected chi connectivity index (χ2v) is 7.66. The largest absolute Gasteiger partial charge is 0.450 e. The molecule has 0 fully saturated rings. The average molecular weight is 483 g/mol. The van der Waals surface area contributed by atoms with Crippen molar-refractivity contribution in [3.05, 3.63) is 89.4 Å². The lowest BCUT2D eigenvalue weighted by Crippen LogP contribution is -2.21. The van der Waals surface area contributed by atoms with Crippen molar-refractivity contribution in [3.63, 3.8) is 0 Å². The standard InChI is InChI=1S/C25H20F3N3O4/c1-15-23(16(2)31(30-15)19-9-4-3-5-10-19)29-22(32)14-34-24(33)21-12-11-20(35-21)17-7-6-8-18(13-17)25(26,27)28/h3-13H,14H2,1-2H3,(H,29,32). The quantitative estimate of drug-likeness (QED) is 0.363. The van der Waals surface area contributed by atoms with Gasteiger partial charge >= 0.3 is 12.1 Å². The van der Waals surface area contributed by atoms with Crippen LogP contribution in [0, 0.1) is 13.8 Å². The molecule has 0 atom stereocenters. The van der Waals surface area contributed by atoms with Gasteiger partial charge < -0.3 is 14.5 Å². The fourth-order valence-corrected chi connectivity index (χ4v) is 3.47. The number of halogens is 3. The first-order chi connectivity index (χ1) is 16.6. The van der Waals surface area contributed by atoms with Gasteiger partial charge in [0.05, 0.1) is 28.3 Å². The molecule has 0 saturated heterocycles. The van der Waals surface area contributed by atoms with Crippen LogP contribution >= 0.6 is 0 Å². The number of benzene rings is 2. The number of aryl methyl sites for hydroxylation is 1. The van der Waals surface area contributed by atoms with Crippen molar-refractivity contribution in [2.75, 3.05) is 11.9 Å². The first kappa shape index (κ1) is 23.8. The van der Waals surface area contributed by atoms with E-state index in [4.69, 9.17) is 9.15 Å². The highest BCUT2D eigenvalue weighted by Gasteiger charge is 2.30. The van der Waals surface area contributed by atoms with Crippen LogP contribution in [-0.2, 0) is 15.7 Å². The predicted molar refractivity (Wildman–Crippen MR) is 121 cm³/mol. The Hall–Kier alpha value is -4.34. The average Bonchev–Trinajstić information content (AvgIpc) is 3.44. The highest BCUT2D eigenvalue weighted by Crippen LogP contribution is 2.32. The fourth-order valence-electron chi connectivity index (χ4n) is 3.47. The van der Waals surface area contributed by atoms with Crippen LogP contribution in [0.25, 0.3) is 17.0 Å². The summed E-state index contributed by atoms with van der Waals surface area (Å²) in [5.74, 6) is -1.69. The molecule has 4 rings (SSSR count). The summed E-state index contributed by atoms with van der Waals surface area (Å²) in [6.45, 7) is 2.95. The van der Waals surface area contributed by atoms with Gasteiger partial charge in [0.15, 0.2) is 6.61 Å². The number of carbonyl (C=O) groups excluding carboxylic acids is 2. The SMILES string of the molecule is Cc1nn(-c2ccccc2)c(C)c1NC(=O)COC(=O)c1ccc(-c2cccc(C(F)(F)F)c2)o1. The molecule has 0 aliphatic heterocycles. The van der Waals surface area contributed by atoms with Gasteiger partial charge in [-0.25, -0.2) is 9.48 Å². The van der Waals surface area contributed by atoms with Gasteiger partial charge in [-0.05, 0) is 50.2 Å². The van der Waals surface area contributed by atoms with E-state index in [9.17, 15) is 22.8 Å². The van der Waals surface area contributed by atoms with Gasteiger partial charge in [0, 0.05) is 5.56 Å². The number of rotatable bonds is 6. The Morgan fingerprint density at radius 3 is 2.49 bits per heavy atom. The Morgan fingerprint density at radius 2 is 1.77 bits per heavy atom. The van der Waals surface area contributed by atoms with Crippen molar-refractivity contribution in [3.8, 4) is 17.0 Å². The molecule has 4 aromatic rings. The Morgan fingerprint density at radius 1 is 1.03 bits per heavy atom. The molecule has 0 spiro atoms. The van der Waals surface area contributed by atoms with E-state index in [2.05, 4.69) is 10.4 Å². The number of furan rings is 1. The Bertz CT molecular complexity index is 1370. The summed E-state index contributed by atoms with van der Waals surface area (Å²) in [6.07, 6.45) is -4.51. The second-order valence-electron chi connectivity index (χ2n) is 7.66. The molecule has 10 heteroatoms. The van der Waals surface area contributed by atoms with Crippen LogP contribution in [0.15, 0.2) is 71.1 Å². The number of nitrogens with one attached hydrogen (secondary N) is 1. The number of ether oxygens (including phenoxy) is 1. The van der Waals surface area contributed by atoms with Gasteiger partial charge in [0.1, 0.15) is 5.76 Å². The van der Waals surface area contributed by atoms with Gasteiger partial charge in [-0.1, -0.05) is 30.3 Å². The Labute approximate surface area is 198 Å². The molecule has 7 nitrogen and oxygen atoms in total. The summed E-state index contributed by atoms with van der Waals surface area (Å²) in [7, 11) is 0. The van der Waals surface area contributed by atoms with Crippen LogP contribution in [0.1, 0.15) is 27.5 Å². The molecule has 1 N–H and O–H groups in total. The van der Waals surface area contributed by atoms with Gasteiger partial charge in [-0.3, -0.25) is 4.79 Å². The highest BCUT2D eigenvalue weighted by atomic mass is 19.4. The van der Waals surface area contributed by atoms with E-state index in [1.165, 1.54) is 24.3 Å². The molecule has 0 saturated carbocycles. The molecule has 0 bridgehead atoms. The lowest BCUT2D eigenvalue weighted by molar-refractivity contribution is -0.137. The van der Waals surface area contributed by atoms with Crippen molar-refractivity contribution in [2.24, 2.45) is 0 Å². The molecule has 35 heavy (non-hydrogen) atoms. The summed E-state index contributed by atoms with van der Waals surface area (Å²) in [5.41, 5.74) is 1.92. The summed E-state index contributed by atoms with van der Waals surface area (Å²) >= 11 is 0. The number of hydrogen-bond donors (Lipinski definition) is 1. The first-order valence-electron chi connectivity index (χ1n) is 10.5. The van der Waals surface area contributed by atoms with E-state index in [-0.39, 0.29) is 17.1 Å². The van der Waals surface area contributed by atoms with Crippen molar-refractivity contribution in [1.29, 1.82) is 0 Å². The Balaban J connectivity index is 1.39. The van der Waals surface area contributed by atoms with Crippen LogP contribution in [0.2, 0.25) is 0 Å². The maximum atomic E-state index is 12.9. The van der Waals surface area contributed by atoms with Crippen molar-refractivity contribution in [2.45, 2.75) is 20.0 Å². The molecule has 0 radical (unpaired) electrons. The first-order valence-corrected chi connectivity index (χ1v) is 10.5. The van der Waals surface area contributed by atoms with Crippen molar-refractivity contribution >= 4 is 17.6 Å². The number of aromatic nitrogens is 2. The predicted octanol–water partition coefficient (Wildman–Crippen LogP) is 5.56. The summed E-state index contributed by atoms with van der Waals surface area (Å²) in [4.78, 5) is 24.7. The van der Waals surface area contributed by atoms with Gasteiger partial charge in [-0.15, -0.1) is 0 Å². The van der Waals surface area contributed by atoms with Crippen LogP contribution in [0.4, 0.5) is 18.9 Å². The summed E-state index contributed by atoms with van der Waals surface area (Å²) < 4.78 is 50.9. The zero-order valence-corrected chi connectivity index (χ0v) is 18.7. The zero-order valence-electron chi connectivity index (χ0n) is 18.7. The number of amides is 1. The molecule has 0 aliphatic carbocycles. The molecule has 180 valence electrons. The topological polar surface area (TPSA) is 86.4 Å². The number of para-hydroxylation sites is 1. The fraction of sp³-hybridized carbons (Fsp3) is 0.160. The minimum atomic E-state index is -4.51. The maximum absolute atomic E-state index is 12.9.